The summed E-state index contributed by atoms with van der Waals surface area (Å²) >= 11 is 1.62. The molecule has 0 aliphatic carbocycles. The molecule has 2 atom stereocenters. The fourth-order valence-corrected chi connectivity index (χ4v) is 2.33. The largest absolute Gasteiger partial charge is 0.386 e. The highest BCUT2D eigenvalue weighted by molar-refractivity contribution is 7.12. The van der Waals surface area contributed by atoms with Gasteiger partial charge in [0.05, 0.1) is 0 Å². The third kappa shape index (κ3) is 1.86. The molecule has 0 aromatic carbocycles. The maximum atomic E-state index is 9.68. The monoisotopic (exact) mass is 185 g/mol. The third-order valence-electron chi connectivity index (χ3n) is 1.85. The van der Waals surface area contributed by atoms with Crippen LogP contribution >= 0.6 is 11.3 Å². The number of nitrogens with two attached hydrogens (primary N) is 1. The molecule has 0 saturated heterocycles. The minimum absolute atomic E-state index is 0.193. The van der Waals surface area contributed by atoms with Crippen LogP contribution < -0.4 is 5.73 Å². The molecule has 1 rings (SSSR count). The Bertz CT molecular complexity index is 267. The lowest BCUT2D eigenvalue weighted by molar-refractivity contribution is 0.156. The van der Waals surface area contributed by atoms with Crippen molar-refractivity contribution in [1.82, 2.24) is 0 Å². The van der Waals surface area contributed by atoms with E-state index in [0.717, 1.165) is 10.4 Å². The summed E-state index contributed by atoms with van der Waals surface area (Å²) in [6.07, 6.45) is -0.510. The van der Waals surface area contributed by atoms with E-state index >= 15 is 0 Å². The van der Waals surface area contributed by atoms with Gasteiger partial charge in [-0.05, 0) is 32.4 Å². The number of aryl methyl sites for hydroxylation is 2. The summed E-state index contributed by atoms with van der Waals surface area (Å²) in [5.41, 5.74) is 6.74. The Balaban J connectivity index is 2.94. The fourth-order valence-electron chi connectivity index (χ4n) is 1.19. The molecule has 1 aromatic heterocycles. The minimum Gasteiger partial charge on any atom is -0.386 e. The van der Waals surface area contributed by atoms with Gasteiger partial charge in [0.2, 0.25) is 0 Å². The van der Waals surface area contributed by atoms with Crippen molar-refractivity contribution in [2.24, 2.45) is 5.73 Å². The van der Waals surface area contributed by atoms with Crippen LogP contribution in [0.3, 0.4) is 0 Å². The summed E-state index contributed by atoms with van der Waals surface area (Å²) in [4.78, 5) is 2.23. The molecule has 1 heterocycles. The molecule has 0 aliphatic rings. The Morgan fingerprint density at radius 3 is 2.42 bits per heavy atom. The molecule has 3 N–H and O–H groups in total. The zero-order valence-electron chi connectivity index (χ0n) is 7.66. The van der Waals surface area contributed by atoms with Gasteiger partial charge in [-0.1, -0.05) is 0 Å². The molecular formula is C9H15NOS. The van der Waals surface area contributed by atoms with Crippen molar-refractivity contribution in [2.45, 2.75) is 32.9 Å². The molecule has 3 heteroatoms. The Morgan fingerprint density at radius 2 is 2.08 bits per heavy atom. The minimum atomic E-state index is -0.510. The van der Waals surface area contributed by atoms with Gasteiger partial charge in [0.15, 0.2) is 0 Å². The van der Waals surface area contributed by atoms with Crippen LogP contribution in [0.4, 0.5) is 0 Å². The topological polar surface area (TPSA) is 46.2 Å². The maximum absolute atomic E-state index is 9.68. The van der Waals surface area contributed by atoms with Gasteiger partial charge in [-0.25, -0.2) is 0 Å². The lowest BCUT2D eigenvalue weighted by atomic mass is 10.1. The summed E-state index contributed by atoms with van der Waals surface area (Å²) in [6.45, 7) is 5.86. The first-order valence-electron chi connectivity index (χ1n) is 4.03. The van der Waals surface area contributed by atoms with Gasteiger partial charge in [0.25, 0.3) is 0 Å². The summed E-state index contributed by atoms with van der Waals surface area (Å²) in [5, 5.41) is 9.68. The maximum Gasteiger partial charge on any atom is 0.103 e. The number of thiophene rings is 1. The Labute approximate surface area is 77.0 Å². The third-order valence-corrected chi connectivity index (χ3v) is 3.07. The Kier molecular flexibility index (Phi) is 2.88. The van der Waals surface area contributed by atoms with Crippen LogP contribution in [0.5, 0.6) is 0 Å². The van der Waals surface area contributed by atoms with Crippen LogP contribution in [0, 0.1) is 13.8 Å². The highest BCUT2D eigenvalue weighted by atomic mass is 32.1. The smallest absolute Gasteiger partial charge is 0.103 e. The molecule has 0 fully saturated rings. The zero-order chi connectivity index (χ0) is 9.30. The number of rotatable bonds is 2. The first-order chi connectivity index (χ1) is 5.52. The first kappa shape index (κ1) is 9.71. The molecule has 0 aliphatic heterocycles. The van der Waals surface area contributed by atoms with E-state index in [1.165, 1.54) is 4.88 Å². The molecule has 0 radical (unpaired) electrons. The van der Waals surface area contributed by atoms with Crippen molar-refractivity contribution in [3.63, 3.8) is 0 Å². The van der Waals surface area contributed by atoms with Gasteiger partial charge in [0, 0.05) is 15.8 Å². The van der Waals surface area contributed by atoms with Gasteiger partial charge in [-0.15, -0.1) is 11.3 Å². The van der Waals surface area contributed by atoms with Gasteiger partial charge < -0.3 is 10.8 Å². The van der Waals surface area contributed by atoms with Gasteiger partial charge in [-0.3, -0.25) is 0 Å². The normalized spacial score (nSPS) is 16.1. The molecule has 12 heavy (non-hydrogen) atoms. The SMILES string of the molecule is Cc1cc(C)c(C(O)C(C)N)s1. The first-order valence-corrected chi connectivity index (χ1v) is 4.84. The fraction of sp³-hybridized carbons (Fsp3) is 0.556. The molecule has 0 bridgehead atoms. The second kappa shape index (κ2) is 3.56. The van der Waals surface area contributed by atoms with E-state index in [9.17, 15) is 5.11 Å². The van der Waals surface area contributed by atoms with Gasteiger partial charge in [-0.2, -0.15) is 0 Å². The predicted octanol–water partition coefficient (Wildman–Crippen LogP) is 1.75. The summed E-state index contributed by atoms with van der Waals surface area (Å²) in [6, 6.07) is 1.88. The van der Waals surface area contributed by atoms with Crippen molar-refractivity contribution in [3.05, 3.63) is 21.4 Å². The van der Waals surface area contributed by atoms with E-state index in [1.807, 2.05) is 20.8 Å². The second-order valence-corrected chi connectivity index (χ2v) is 4.50. The second-order valence-electron chi connectivity index (χ2n) is 3.21. The summed E-state index contributed by atoms with van der Waals surface area (Å²) in [7, 11) is 0. The van der Waals surface area contributed by atoms with Crippen LogP contribution in [0.2, 0.25) is 0 Å². The van der Waals surface area contributed by atoms with E-state index in [4.69, 9.17) is 5.73 Å². The van der Waals surface area contributed by atoms with Crippen molar-refractivity contribution in [2.75, 3.05) is 0 Å². The molecular weight excluding hydrogens is 170 g/mol. The Morgan fingerprint density at radius 1 is 1.50 bits per heavy atom. The quantitative estimate of drug-likeness (QED) is 0.737. The Hall–Kier alpha value is -0.380. The average Bonchev–Trinajstić information content (AvgIpc) is 2.28. The van der Waals surface area contributed by atoms with Crippen LogP contribution in [0.25, 0.3) is 0 Å². The van der Waals surface area contributed by atoms with E-state index in [1.54, 1.807) is 11.3 Å². The van der Waals surface area contributed by atoms with Crippen molar-refractivity contribution >= 4 is 11.3 Å². The van der Waals surface area contributed by atoms with E-state index in [-0.39, 0.29) is 6.04 Å². The van der Waals surface area contributed by atoms with Crippen molar-refractivity contribution < 1.29 is 5.11 Å². The highest BCUT2D eigenvalue weighted by Crippen LogP contribution is 2.28. The molecule has 2 unspecified atom stereocenters. The molecule has 68 valence electrons. The summed E-state index contributed by atoms with van der Waals surface area (Å²) < 4.78 is 0. The number of aliphatic hydroxyl groups excluding tert-OH is 1. The number of aliphatic hydroxyl groups is 1. The standard InChI is InChI=1S/C9H15NOS/c1-5-4-6(2)12-9(5)8(11)7(3)10/h4,7-8,11H,10H2,1-3H3. The average molecular weight is 185 g/mol. The van der Waals surface area contributed by atoms with Gasteiger partial charge in [0.1, 0.15) is 6.10 Å². The number of hydrogen-bond acceptors (Lipinski definition) is 3. The lowest BCUT2D eigenvalue weighted by Gasteiger charge is -2.13. The molecule has 0 amide bonds. The van der Waals surface area contributed by atoms with E-state index < -0.39 is 6.10 Å². The predicted molar refractivity (Wildman–Crippen MR) is 52.4 cm³/mol. The molecule has 0 spiro atoms. The molecule has 0 saturated carbocycles. The lowest BCUT2D eigenvalue weighted by Crippen LogP contribution is -2.24. The van der Waals surface area contributed by atoms with Gasteiger partial charge >= 0.3 is 0 Å². The van der Waals surface area contributed by atoms with E-state index in [2.05, 4.69) is 6.07 Å². The molecule has 2 nitrogen and oxygen atoms in total. The van der Waals surface area contributed by atoms with Crippen LogP contribution in [0.15, 0.2) is 6.07 Å². The van der Waals surface area contributed by atoms with Crippen LogP contribution in [0.1, 0.15) is 28.3 Å². The van der Waals surface area contributed by atoms with Crippen molar-refractivity contribution in [1.29, 1.82) is 0 Å². The summed E-state index contributed by atoms with van der Waals surface area (Å²) in [5.74, 6) is 0. The van der Waals surface area contributed by atoms with E-state index in [0.29, 0.717) is 0 Å². The zero-order valence-corrected chi connectivity index (χ0v) is 8.48. The van der Waals surface area contributed by atoms with Crippen LogP contribution in [-0.2, 0) is 0 Å². The van der Waals surface area contributed by atoms with Crippen molar-refractivity contribution in [3.8, 4) is 0 Å². The molecule has 1 aromatic rings. The number of hydrogen-bond donors (Lipinski definition) is 2. The highest BCUT2D eigenvalue weighted by Gasteiger charge is 2.16. The van der Waals surface area contributed by atoms with Crippen LogP contribution in [-0.4, -0.2) is 11.1 Å².